The maximum atomic E-state index is 12.1. The first-order valence-electron chi connectivity index (χ1n) is 6.54. The quantitative estimate of drug-likeness (QED) is 0.334. The van der Waals surface area contributed by atoms with Gasteiger partial charge in [0.25, 0.3) is 5.91 Å². The van der Waals surface area contributed by atoms with Crippen molar-refractivity contribution in [2.45, 2.75) is 42.8 Å². The number of azide groups is 2. The van der Waals surface area contributed by atoms with Crippen LogP contribution in [0.3, 0.4) is 0 Å². The molecule has 2 rings (SSSR count). The largest absolute Gasteiger partial charge is 0.394 e. The van der Waals surface area contributed by atoms with E-state index in [0.29, 0.717) is 0 Å². The third-order valence-electron chi connectivity index (χ3n) is 3.70. The fraction of sp³-hybridized carbons (Fsp3) is 0.800. The number of aliphatic hydroxyl groups excluding tert-OH is 1. The number of hydrogen-bond acceptors (Lipinski definition) is 6. The minimum atomic E-state index is -1.70. The Balaban J connectivity index is 2.35. The molecule has 0 saturated carbocycles. The van der Waals surface area contributed by atoms with Gasteiger partial charge in [-0.25, -0.2) is 4.79 Å². The second-order valence-electron chi connectivity index (χ2n) is 5.14. The molecule has 0 radical (unpaired) electrons. The highest BCUT2D eigenvalue weighted by atomic mass is 35.5. The lowest BCUT2D eigenvalue weighted by molar-refractivity contribution is -0.130. The summed E-state index contributed by atoms with van der Waals surface area (Å²) in [5, 5.41) is 18.3. The number of hydrogen-bond donors (Lipinski definition) is 2. The number of amides is 3. The molecule has 5 atom stereocenters. The van der Waals surface area contributed by atoms with Crippen molar-refractivity contribution >= 4 is 23.5 Å². The molecular weight excluding hydrogens is 332 g/mol. The minimum Gasteiger partial charge on any atom is -0.394 e. The molecule has 2 unspecified atom stereocenters. The van der Waals surface area contributed by atoms with E-state index < -0.39 is 48.0 Å². The summed E-state index contributed by atoms with van der Waals surface area (Å²) in [6.45, 7) is 0.866. The second-order valence-corrected chi connectivity index (χ2v) is 5.93. The molecule has 0 aromatic heterocycles. The van der Waals surface area contributed by atoms with Gasteiger partial charge in [0.05, 0.1) is 18.8 Å². The Morgan fingerprint density at radius 2 is 2.13 bits per heavy atom. The highest BCUT2D eigenvalue weighted by Gasteiger charge is 2.53. The van der Waals surface area contributed by atoms with Crippen LogP contribution >= 0.6 is 11.6 Å². The normalized spacial score (nSPS) is 36.9. The van der Waals surface area contributed by atoms with Crippen LogP contribution in [-0.2, 0) is 9.53 Å². The Kier molecular flexibility index (Phi) is 4.83. The lowest BCUT2D eigenvalue weighted by Crippen LogP contribution is -2.68. The first kappa shape index (κ1) is 17.1. The number of rotatable bonds is 4. The van der Waals surface area contributed by atoms with Crippen LogP contribution in [0, 0.1) is 0 Å². The van der Waals surface area contributed by atoms with E-state index in [-0.39, 0.29) is 6.42 Å². The second kappa shape index (κ2) is 6.49. The van der Waals surface area contributed by atoms with Crippen molar-refractivity contribution in [3.8, 4) is 0 Å². The van der Waals surface area contributed by atoms with Crippen molar-refractivity contribution < 1.29 is 19.4 Å². The maximum Gasteiger partial charge on any atom is 0.326 e. The predicted molar refractivity (Wildman–Crippen MR) is 75.9 cm³/mol. The minimum absolute atomic E-state index is 0.0569. The van der Waals surface area contributed by atoms with E-state index in [1.807, 2.05) is 0 Å². The first-order valence-corrected chi connectivity index (χ1v) is 6.92. The molecule has 13 heteroatoms. The number of nitrogens with one attached hydrogen (secondary N) is 1. The fourth-order valence-electron chi connectivity index (χ4n) is 2.51. The summed E-state index contributed by atoms with van der Waals surface area (Å²) >= 11 is 6.12. The zero-order valence-corrected chi connectivity index (χ0v) is 12.7. The first-order chi connectivity index (χ1) is 10.9. The Bertz CT molecular complexity index is 614. The topological polar surface area (TPSA) is 176 Å². The van der Waals surface area contributed by atoms with Gasteiger partial charge < -0.3 is 9.84 Å². The van der Waals surface area contributed by atoms with Gasteiger partial charge in [0.1, 0.15) is 17.3 Å². The highest BCUT2D eigenvalue weighted by Crippen LogP contribution is 2.35. The summed E-state index contributed by atoms with van der Waals surface area (Å²) in [6, 6.07) is -1.57. The maximum absolute atomic E-state index is 12.1. The van der Waals surface area contributed by atoms with Crippen LogP contribution in [0.15, 0.2) is 10.2 Å². The number of halogens is 1. The van der Waals surface area contributed by atoms with Crippen molar-refractivity contribution in [3.05, 3.63) is 20.9 Å². The van der Waals surface area contributed by atoms with E-state index in [1.165, 1.54) is 6.92 Å². The summed E-state index contributed by atoms with van der Waals surface area (Å²) in [7, 11) is 0. The highest BCUT2D eigenvalue weighted by molar-refractivity contribution is 6.37. The number of aliphatic hydroxyl groups is 1. The van der Waals surface area contributed by atoms with Gasteiger partial charge in [-0.3, -0.25) is 15.0 Å². The molecule has 23 heavy (non-hydrogen) atoms. The van der Waals surface area contributed by atoms with E-state index in [9.17, 15) is 14.7 Å². The summed E-state index contributed by atoms with van der Waals surface area (Å²) in [4.78, 5) is 28.5. The van der Waals surface area contributed by atoms with Gasteiger partial charge in [0, 0.05) is 16.2 Å². The number of urea groups is 1. The van der Waals surface area contributed by atoms with Crippen molar-refractivity contribution in [1.29, 1.82) is 0 Å². The van der Waals surface area contributed by atoms with Crippen molar-refractivity contribution in [2.24, 2.45) is 10.2 Å². The third kappa shape index (κ3) is 2.98. The van der Waals surface area contributed by atoms with Gasteiger partial charge in [0.15, 0.2) is 0 Å². The Morgan fingerprint density at radius 1 is 1.48 bits per heavy atom. The van der Waals surface area contributed by atoms with Crippen LogP contribution < -0.4 is 5.32 Å². The van der Waals surface area contributed by atoms with Crippen molar-refractivity contribution in [1.82, 2.24) is 10.2 Å². The number of imide groups is 1. The fourth-order valence-corrected chi connectivity index (χ4v) is 2.71. The summed E-state index contributed by atoms with van der Waals surface area (Å²) in [6.07, 6.45) is -3.09. The number of nitrogens with zero attached hydrogens (tertiary/aromatic N) is 7. The summed E-state index contributed by atoms with van der Waals surface area (Å²) < 4.78 is 5.49. The van der Waals surface area contributed by atoms with Gasteiger partial charge in [-0.1, -0.05) is 10.2 Å². The monoisotopic (exact) mass is 344 g/mol. The lowest BCUT2D eigenvalue weighted by atomic mass is 10.0. The lowest BCUT2D eigenvalue weighted by Gasteiger charge is -2.43. The predicted octanol–water partition coefficient (Wildman–Crippen LogP) is 0.958. The number of ether oxygens (including phenoxy) is 1. The molecule has 0 aliphatic carbocycles. The van der Waals surface area contributed by atoms with Crippen LogP contribution in [-0.4, -0.2) is 58.0 Å². The van der Waals surface area contributed by atoms with Crippen LogP contribution in [0.4, 0.5) is 4.79 Å². The van der Waals surface area contributed by atoms with E-state index in [0.717, 1.165) is 4.90 Å². The Labute approximate surface area is 134 Å². The van der Waals surface area contributed by atoms with E-state index in [1.54, 1.807) is 0 Å². The molecule has 12 nitrogen and oxygen atoms in total. The standard InChI is InChI=1S/C10H13ClN8O4/c1-10(11)7(16-18-13)19(9(22)14-8(10)21)6-2-4(15-17-12)5(3-20)23-6/h4-7,20H,2-3H2,1H3,(H,14,21,22)/t4-,5+,6+,7?,10?/m0/s1. The Hall–Kier alpha value is -2.23. The van der Waals surface area contributed by atoms with Crippen molar-refractivity contribution in [2.75, 3.05) is 6.61 Å². The van der Waals surface area contributed by atoms with Gasteiger partial charge >= 0.3 is 6.03 Å². The van der Waals surface area contributed by atoms with Crippen LogP contribution in [0.1, 0.15) is 13.3 Å². The number of carbonyl (C=O) groups excluding carboxylic acids is 2. The van der Waals surface area contributed by atoms with Gasteiger partial charge in [-0.15, -0.1) is 11.6 Å². The third-order valence-corrected chi connectivity index (χ3v) is 4.07. The average molecular weight is 345 g/mol. The van der Waals surface area contributed by atoms with Crippen LogP contribution in [0.2, 0.25) is 0 Å². The SMILES string of the molecule is CC1(Cl)C(=O)NC(=O)N([C@H]2C[C@H](N=[N+]=[N-])[C@@H](CO)O2)C1N=[N+]=[N-]. The molecule has 0 aromatic carbocycles. The molecule has 2 fully saturated rings. The summed E-state index contributed by atoms with van der Waals surface area (Å²) in [5.74, 6) is -0.805. The smallest absolute Gasteiger partial charge is 0.326 e. The van der Waals surface area contributed by atoms with E-state index >= 15 is 0 Å². The van der Waals surface area contributed by atoms with Gasteiger partial charge in [-0.2, -0.15) is 0 Å². The molecule has 0 spiro atoms. The molecule has 2 aliphatic rings. The van der Waals surface area contributed by atoms with Crippen LogP contribution in [0.25, 0.3) is 20.9 Å². The molecule has 2 aliphatic heterocycles. The summed E-state index contributed by atoms with van der Waals surface area (Å²) in [5.41, 5.74) is 17.2. The molecular formula is C10H13ClN8O4. The van der Waals surface area contributed by atoms with Gasteiger partial charge in [-0.05, 0) is 18.0 Å². The Morgan fingerprint density at radius 3 is 2.70 bits per heavy atom. The molecule has 0 aromatic rings. The molecule has 2 saturated heterocycles. The van der Waals surface area contributed by atoms with Crippen LogP contribution in [0.5, 0.6) is 0 Å². The van der Waals surface area contributed by atoms with E-state index in [2.05, 4.69) is 25.4 Å². The number of alkyl halides is 1. The molecule has 2 heterocycles. The molecule has 124 valence electrons. The zero-order valence-electron chi connectivity index (χ0n) is 11.9. The molecule has 3 amide bonds. The molecule has 2 N–H and O–H groups in total. The molecule has 0 bridgehead atoms. The van der Waals surface area contributed by atoms with Crippen molar-refractivity contribution in [3.63, 3.8) is 0 Å². The van der Waals surface area contributed by atoms with E-state index in [4.69, 9.17) is 27.4 Å². The average Bonchev–Trinajstić information content (AvgIpc) is 2.88. The zero-order chi connectivity index (χ0) is 17.2. The number of carbonyl (C=O) groups is 2. The van der Waals surface area contributed by atoms with Gasteiger partial charge in [0.2, 0.25) is 0 Å².